The SMILES string of the molecule is N#Cc1c(-c2ccc(OCc3ccccc3)cc2)n(Cc2ccc(OCCC3CCCCCN3)cc2)c2ccc(OCc3ccccc3)cc12. The Bertz CT molecular complexity index is 2010. The Morgan fingerprint density at radius 2 is 1.30 bits per heavy atom. The summed E-state index contributed by atoms with van der Waals surface area (Å²) < 4.78 is 20.7. The Morgan fingerprint density at radius 3 is 2.00 bits per heavy atom. The Morgan fingerprint density at radius 1 is 0.660 bits per heavy atom. The van der Waals surface area contributed by atoms with Gasteiger partial charge in [0.2, 0.25) is 0 Å². The number of nitrogens with one attached hydrogen (secondary N) is 1. The fourth-order valence-corrected chi connectivity index (χ4v) is 6.73. The summed E-state index contributed by atoms with van der Waals surface area (Å²) in [6.45, 7) is 3.35. The molecule has 0 radical (unpaired) electrons. The highest BCUT2D eigenvalue weighted by Gasteiger charge is 2.20. The van der Waals surface area contributed by atoms with E-state index in [1.54, 1.807) is 0 Å². The number of nitrogens with zero attached hydrogens (tertiary/aromatic N) is 2. The minimum Gasteiger partial charge on any atom is -0.494 e. The Labute approximate surface area is 294 Å². The number of hydrogen-bond acceptors (Lipinski definition) is 5. The molecule has 1 atom stereocenters. The maximum absolute atomic E-state index is 10.6. The summed E-state index contributed by atoms with van der Waals surface area (Å²) in [5.74, 6) is 2.39. The normalized spacial score (nSPS) is 14.5. The quantitative estimate of drug-likeness (QED) is 0.134. The van der Waals surface area contributed by atoms with Crippen LogP contribution < -0.4 is 19.5 Å². The monoisotopic (exact) mass is 661 g/mol. The number of rotatable bonds is 13. The minimum absolute atomic E-state index is 0.456. The molecule has 7 rings (SSSR count). The van der Waals surface area contributed by atoms with Crippen molar-refractivity contribution in [2.45, 2.75) is 57.9 Å². The van der Waals surface area contributed by atoms with Gasteiger partial charge in [-0.2, -0.15) is 5.26 Å². The van der Waals surface area contributed by atoms with Crippen LogP contribution in [0.25, 0.3) is 22.2 Å². The number of ether oxygens (including phenoxy) is 3. The van der Waals surface area contributed by atoms with E-state index in [9.17, 15) is 5.26 Å². The lowest BCUT2D eigenvalue weighted by Gasteiger charge is -2.16. The van der Waals surface area contributed by atoms with Crippen molar-refractivity contribution in [1.82, 2.24) is 9.88 Å². The molecule has 2 heterocycles. The Hall–Kier alpha value is -5.51. The van der Waals surface area contributed by atoms with Gasteiger partial charge in [-0.15, -0.1) is 0 Å². The van der Waals surface area contributed by atoms with E-state index in [2.05, 4.69) is 58.4 Å². The number of hydrogen-bond donors (Lipinski definition) is 1. The van der Waals surface area contributed by atoms with Gasteiger partial charge in [-0.05, 0) is 103 Å². The minimum atomic E-state index is 0.456. The van der Waals surface area contributed by atoms with Gasteiger partial charge in [0.15, 0.2) is 0 Å². The van der Waals surface area contributed by atoms with Crippen LogP contribution in [0, 0.1) is 11.3 Å². The molecule has 0 aliphatic carbocycles. The number of fused-ring (bicyclic) bond motifs is 1. The summed E-state index contributed by atoms with van der Waals surface area (Å²) in [6.07, 6.45) is 6.13. The fraction of sp³-hybridized carbons (Fsp3) is 0.250. The van der Waals surface area contributed by atoms with Crippen molar-refractivity contribution in [3.8, 4) is 34.6 Å². The van der Waals surface area contributed by atoms with E-state index < -0.39 is 0 Å². The topological polar surface area (TPSA) is 68.4 Å². The first-order valence-electron chi connectivity index (χ1n) is 17.7. The van der Waals surface area contributed by atoms with Crippen LogP contribution >= 0.6 is 0 Å². The predicted octanol–water partition coefficient (Wildman–Crippen LogP) is 9.69. The first-order chi connectivity index (χ1) is 24.7. The zero-order valence-electron chi connectivity index (χ0n) is 28.4. The average molecular weight is 662 g/mol. The van der Waals surface area contributed by atoms with Crippen LogP contribution in [0.1, 0.15) is 54.4 Å². The average Bonchev–Trinajstić information content (AvgIpc) is 3.27. The molecule has 1 aliphatic heterocycles. The smallest absolute Gasteiger partial charge is 0.120 e. The third-order valence-electron chi connectivity index (χ3n) is 9.43. The highest BCUT2D eigenvalue weighted by Crippen LogP contribution is 2.37. The van der Waals surface area contributed by atoms with Gasteiger partial charge in [-0.1, -0.05) is 85.6 Å². The van der Waals surface area contributed by atoms with E-state index in [1.807, 2.05) is 84.9 Å². The van der Waals surface area contributed by atoms with Gasteiger partial charge in [-0.25, -0.2) is 0 Å². The van der Waals surface area contributed by atoms with E-state index in [0.717, 1.165) is 69.1 Å². The molecule has 0 saturated carbocycles. The van der Waals surface area contributed by atoms with Crippen LogP contribution in [-0.4, -0.2) is 23.8 Å². The molecule has 1 unspecified atom stereocenters. The summed E-state index contributed by atoms with van der Waals surface area (Å²) in [7, 11) is 0. The van der Waals surface area contributed by atoms with Crippen molar-refractivity contribution in [1.29, 1.82) is 5.26 Å². The molecule has 5 aromatic carbocycles. The molecule has 6 nitrogen and oxygen atoms in total. The number of aromatic nitrogens is 1. The van der Waals surface area contributed by atoms with E-state index in [0.29, 0.717) is 38.0 Å². The summed E-state index contributed by atoms with van der Waals surface area (Å²) in [5.41, 5.74) is 6.74. The molecular weight excluding hydrogens is 619 g/mol. The predicted molar refractivity (Wildman–Crippen MR) is 200 cm³/mol. The van der Waals surface area contributed by atoms with Crippen molar-refractivity contribution < 1.29 is 14.2 Å². The second-order valence-electron chi connectivity index (χ2n) is 13.0. The van der Waals surface area contributed by atoms with Crippen molar-refractivity contribution in [2.24, 2.45) is 0 Å². The molecule has 1 N–H and O–H groups in total. The van der Waals surface area contributed by atoms with Gasteiger partial charge in [0.1, 0.15) is 36.5 Å². The van der Waals surface area contributed by atoms with Gasteiger partial charge in [0, 0.05) is 18.0 Å². The molecule has 6 aromatic rings. The van der Waals surface area contributed by atoms with Crippen LogP contribution in [0.4, 0.5) is 0 Å². The lowest BCUT2D eigenvalue weighted by Crippen LogP contribution is -2.29. The Kier molecular flexibility index (Phi) is 10.7. The van der Waals surface area contributed by atoms with Gasteiger partial charge < -0.3 is 24.1 Å². The van der Waals surface area contributed by atoms with Gasteiger partial charge in [-0.3, -0.25) is 0 Å². The van der Waals surface area contributed by atoms with Crippen molar-refractivity contribution in [3.05, 3.63) is 150 Å². The highest BCUT2D eigenvalue weighted by molar-refractivity contribution is 5.95. The molecule has 6 heteroatoms. The lowest BCUT2D eigenvalue weighted by atomic mass is 10.1. The number of benzene rings is 5. The lowest BCUT2D eigenvalue weighted by molar-refractivity contribution is 0.283. The fourth-order valence-electron chi connectivity index (χ4n) is 6.73. The Balaban J connectivity index is 1.14. The highest BCUT2D eigenvalue weighted by atomic mass is 16.5. The summed E-state index contributed by atoms with van der Waals surface area (Å²) in [6, 6.07) is 45.8. The summed E-state index contributed by atoms with van der Waals surface area (Å²) in [5, 5.41) is 15.1. The molecule has 1 fully saturated rings. The standard InChI is InChI=1S/C44H43N3O3/c45-29-42-41-28-40(50-32-35-12-6-2-7-13-35)23-24-43(41)47(44(42)36-17-21-39(22-18-36)49-31-34-10-4-1-5-11-34)30-33-15-19-38(20-16-33)48-27-25-37-14-8-3-9-26-46-37/h1-2,4-7,10-13,15-24,28,37,46H,3,8-9,14,25-27,30-32H2. The second-order valence-corrected chi connectivity index (χ2v) is 13.0. The van der Waals surface area contributed by atoms with E-state index in [1.165, 1.54) is 25.7 Å². The largest absolute Gasteiger partial charge is 0.494 e. The van der Waals surface area contributed by atoms with Crippen LogP contribution in [0.3, 0.4) is 0 Å². The van der Waals surface area contributed by atoms with E-state index >= 15 is 0 Å². The van der Waals surface area contributed by atoms with Crippen molar-refractivity contribution in [3.63, 3.8) is 0 Å². The molecule has 50 heavy (non-hydrogen) atoms. The molecule has 1 aromatic heterocycles. The first-order valence-corrected chi connectivity index (χ1v) is 17.7. The molecule has 1 aliphatic rings. The van der Waals surface area contributed by atoms with Crippen molar-refractivity contribution in [2.75, 3.05) is 13.2 Å². The van der Waals surface area contributed by atoms with E-state index in [-0.39, 0.29) is 0 Å². The molecule has 0 bridgehead atoms. The van der Waals surface area contributed by atoms with E-state index in [4.69, 9.17) is 14.2 Å². The second kappa shape index (κ2) is 16.3. The van der Waals surface area contributed by atoms with Crippen LogP contribution in [0.5, 0.6) is 17.2 Å². The summed E-state index contributed by atoms with van der Waals surface area (Å²) >= 11 is 0. The van der Waals surface area contributed by atoms with Crippen molar-refractivity contribution >= 4 is 10.9 Å². The molecule has 0 spiro atoms. The van der Waals surface area contributed by atoms with Crippen LogP contribution in [-0.2, 0) is 19.8 Å². The molecular formula is C44H43N3O3. The molecule has 0 amide bonds. The third kappa shape index (κ3) is 8.19. The van der Waals surface area contributed by atoms with Gasteiger partial charge in [0.25, 0.3) is 0 Å². The van der Waals surface area contributed by atoms with Crippen LogP contribution in [0.2, 0.25) is 0 Å². The number of nitriles is 1. The molecule has 252 valence electrons. The first kappa shape index (κ1) is 33.0. The van der Waals surface area contributed by atoms with Crippen LogP contribution in [0.15, 0.2) is 127 Å². The van der Waals surface area contributed by atoms with Gasteiger partial charge in [0.05, 0.1) is 23.4 Å². The third-order valence-corrected chi connectivity index (χ3v) is 9.43. The zero-order valence-corrected chi connectivity index (χ0v) is 28.4. The summed E-state index contributed by atoms with van der Waals surface area (Å²) in [4.78, 5) is 0. The van der Waals surface area contributed by atoms with Gasteiger partial charge >= 0.3 is 0 Å². The maximum Gasteiger partial charge on any atom is 0.120 e. The molecule has 1 saturated heterocycles. The zero-order chi connectivity index (χ0) is 34.0. The maximum atomic E-state index is 10.6.